The first kappa shape index (κ1) is 15.3. The maximum Gasteiger partial charge on any atom is 0.224 e. The normalized spacial score (nSPS) is 10.4. The van der Waals surface area contributed by atoms with Crippen molar-refractivity contribution in [2.24, 2.45) is 0 Å². The number of anilines is 3. The Kier molecular flexibility index (Phi) is 5.37. The monoisotopic (exact) mass is 398 g/mol. The van der Waals surface area contributed by atoms with Gasteiger partial charge in [-0.15, -0.1) is 0 Å². The molecule has 0 saturated carbocycles. The molecule has 2 aromatic rings. The summed E-state index contributed by atoms with van der Waals surface area (Å²) >= 11 is 6.97. The van der Waals surface area contributed by atoms with Crippen molar-refractivity contribution in [1.29, 1.82) is 0 Å². The Morgan fingerprint density at radius 1 is 1.20 bits per heavy atom. The summed E-state index contributed by atoms with van der Waals surface area (Å²) in [6.07, 6.45) is 2.70. The van der Waals surface area contributed by atoms with Crippen LogP contribution < -0.4 is 10.6 Å². The second-order valence-corrected chi connectivity index (χ2v) is 5.97. The standard InChI is InChI=1S/C14H16Br2N4/c1-3-9-7-10(15)5-6-12(9)19-13-11(16)8-18-14(20-13)17-4-2/h5-8H,3-4H2,1-2H3,(H2,17,18,19,20). The van der Waals surface area contributed by atoms with Crippen LogP contribution in [0.1, 0.15) is 19.4 Å². The van der Waals surface area contributed by atoms with E-state index in [2.05, 4.69) is 65.5 Å². The molecule has 20 heavy (non-hydrogen) atoms. The van der Waals surface area contributed by atoms with Crippen molar-refractivity contribution in [2.75, 3.05) is 17.2 Å². The molecule has 1 aromatic carbocycles. The van der Waals surface area contributed by atoms with Crippen LogP contribution in [-0.2, 0) is 6.42 Å². The molecule has 0 aliphatic rings. The molecular weight excluding hydrogens is 384 g/mol. The van der Waals surface area contributed by atoms with E-state index in [9.17, 15) is 0 Å². The quantitative estimate of drug-likeness (QED) is 0.762. The Labute approximate surface area is 135 Å². The number of aryl methyl sites for hydroxylation is 1. The lowest BCUT2D eigenvalue weighted by molar-refractivity contribution is 1.07. The molecule has 0 spiro atoms. The Balaban J connectivity index is 2.31. The molecule has 2 rings (SSSR count). The highest BCUT2D eigenvalue weighted by molar-refractivity contribution is 9.10. The number of hydrogen-bond donors (Lipinski definition) is 2. The van der Waals surface area contributed by atoms with E-state index in [0.717, 1.165) is 33.4 Å². The van der Waals surface area contributed by atoms with Crippen molar-refractivity contribution in [3.05, 3.63) is 38.9 Å². The minimum Gasteiger partial charge on any atom is -0.354 e. The summed E-state index contributed by atoms with van der Waals surface area (Å²) in [5.74, 6) is 1.38. The molecule has 0 amide bonds. The van der Waals surface area contributed by atoms with Crippen molar-refractivity contribution in [1.82, 2.24) is 9.97 Å². The van der Waals surface area contributed by atoms with Gasteiger partial charge >= 0.3 is 0 Å². The molecule has 1 heterocycles. The Hall–Kier alpha value is -1.14. The van der Waals surface area contributed by atoms with E-state index in [1.165, 1.54) is 5.56 Å². The minimum atomic E-state index is 0.619. The van der Waals surface area contributed by atoms with Gasteiger partial charge in [0.05, 0.1) is 4.47 Å². The summed E-state index contributed by atoms with van der Waals surface area (Å²) in [5.41, 5.74) is 2.28. The molecule has 0 atom stereocenters. The molecule has 0 unspecified atom stereocenters. The largest absolute Gasteiger partial charge is 0.354 e. The molecule has 0 aliphatic heterocycles. The van der Waals surface area contributed by atoms with E-state index >= 15 is 0 Å². The van der Waals surface area contributed by atoms with Gasteiger partial charge in [0.1, 0.15) is 5.82 Å². The third-order valence-corrected chi connectivity index (χ3v) is 3.85. The van der Waals surface area contributed by atoms with E-state index in [1.54, 1.807) is 6.20 Å². The highest BCUT2D eigenvalue weighted by atomic mass is 79.9. The fourth-order valence-electron chi connectivity index (χ4n) is 1.80. The molecular formula is C14H16Br2N4. The van der Waals surface area contributed by atoms with Crippen LogP contribution >= 0.6 is 31.9 Å². The molecule has 0 bridgehead atoms. The van der Waals surface area contributed by atoms with E-state index < -0.39 is 0 Å². The third-order valence-electron chi connectivity index (χ3n) is 2.78. The number of halogens is 2. The summed E-state index contributed by atoms with van der Waals surface area (Å²) in [7, 11) is 0. The Morgan fingerprint density at radius 3 is 2.70 bits per heavy atom. The summed E-state index contributed by atoms with van der Waals surface area (Å²) in [5, 5.41) is 6.47. The van der Waals surface area contributed by atoms with Crippen LogP contribution in [0.4, 0.5) is 17.5 Å². The highest BCUT2D eigenvalue weighted by Gasteiger charge is 2.08. The van der Waals surface area contributed by atoms with Crippen LogP contribution in [0.25, 0.3) is 0 Å². The van der Waals surface area contributed by atoms with Gasteiger partial charge in [-0.05, 0) is 53.0 Å². The van der Waals surface area contributed by atoms with Gasteiger partial charge in [-0.25, -0.2) is 4.98 Å². The molecule has 0 saturated heterocycles. The lowest BCUT2D eigenvalue weighted by Crippen LogP contribution is -2.05. The fourth-order valence-corrected chi connectivity index (χ4v) is 2.50. The minimum absolute atomic E-state index is 0.619. The number of nitrogens with zero attached hydrogens (tertiary/aromatic N) is 2. The predicted molar refractivity (Wildman–Crippen MR) is 90.7 cm³/mol. The van der Waals surface area contributed by atoms with Gasteiger partial charge < -0.3 is 10.6 Å². The average molecular weight is 400 g/mol. The Bertz CT molecular complexity index is 602. The first-order valence-corrected chi connectivity index (χ1v) is 8.04. The fraction of sp³-hybridized carbons (Fsp3) is 0.286. The third kappa shape index (κ3) is 3.70. The van der Waals surface area contributed by atoms with E-state index in [-0.39, 0.29) is 0 Å². The lowest BCUT2D eigenvalue weighted by atomic mass is 10.1. The molecule has 2 N–H and O–H groups in total. The van der Waals surface area contributed by atoms with Crippen LogP contribution in [-0.4, -0.2) is 16.5 Å². The lowest BCUT2D eigenvalue weighted by Gasteiger charge is -2.13. The molecule has 6 heteroatoms. The molecule has 0 radical (unpaired) electrons. The maximum absolute atomic E-state index is 4.46. The summed E-state index contributed by atoms with van der Waals surface area (Å²) in [6.45, 7) is 4.94. The highest BCUT2D eigenvalue weighted by Crippen LogP contribution is 2.28. The van der Waals surface area contributed by atoms with Crippen LogP contribution in [0.15, 0.2) is 33.3 Å². The summed E-state index contributed by atoms with van der Waals surface area (Å²) < 4.78 is 1.92. The summed E-state index contributed by atoms with van der Waals surface area (Å²) in [4.78, 5) is 8.67. The van der Waals surface area contributed by atoms with Crippen LogP contribution in [0.2, 0.25) is 0 Å². The average Bonchev–Trinajstić information content (AvgIpc) is 2.44. The van der Waals surface area contributed by atoms with Crippen LogP contribution in [0.5, 0.6) is 0 Å². The number of aromatic nitrogens is 2. The number of rotatable bonds is 5. The van der Waals surface area contributed by atoms with Gasteiger partial charge in [0.15, 0.2) is 0 Å². The zero-order chi connectivity index (χ0) is 14.5. The first-order chi connectivity index (χ1) is 9.63. The zero-order valence-electron chi connectivity index (χ0n) is 11.4. The molecule has 0 aliphatic carbocycles. The van der Waals surface area contributed by atoms with Crippen molar-refractivity contribution in [3.63, 3.8) is 0 Å². The van der Waals surface area contributed by atoms with Crippen molar-refractivity contribution >= 4 is 49.3 Å². The van der Waals surface area contributed by atoms with Gasteiger partial charge in [-0.3, -0.25) is 0 Å². The van der Waals surface area contributed by atoms with Crippen molar-refractivity contribution < 1.29 is 0 Å². The molecule has 4 nitrogen and oxygen atoms in total. The van der Waals surface area contributed by atoms with E-state index in [1.807, 2.05) is 19.1 Å². The Morgan fingerprint density at radius 2 is 2.00 bits per heavy atom. The van der Waals surface area contributed by atoms with Crippen LogP contribution in [0, 0.1) is 0 Å². The van der Waals surface area contributed by atoms with Gasteiger partial charge in [-0.2, -0.15) is 4.98 Å². The summed E-state index contributed by atoms with van der Waals surface area (Å²) in [6, 6.07) is 6.18. The second-order valence-electron chi connectivity index (χ2n) is 4.20. The number of nitrogens with one attached hydrogen (secondary N) is 2. The van der Waals surface area contributed by atoms with Gasteiger partial charge in [-0.1, -0.05) is 22.9 Å². The molecule has 1 aromatic heterocycles. The first-order valence-electron chi connectivity index (χ1n) is 6.46. The van der Waals surface area contributed by atoms with Crippen LogP contribution in [0.3, 0.4) is 0 Å². The van der Waals surface area contributed by atoms with Crippen molar-refractivity contribution in [3.8, 4) is 0 Å². The SMILES string of the molecule is CCNc1ncc(Br)c(Nc2ccc(Br)cc2CC)n1. The van der Waals surface area contributed by atoms with Crippen molar-refractivity contribution in [2.45, 2.75) is 20.3 Å². The molecule has 106 valence electrons. The van der Waals surface area contributed by atoms with E-state index in [0.29, 0.717) is 5.95 Å². The maximum atomic E-state index is 4.46. The topological polar surface area (TPSA) is 49.8 Å². The number of hydrogen-bond acceptors (Lipinski definition) is 4. The number of benzene rings is 1. The second kappa shape index (κ2) is 7.04. The van der Waals surface area contributed by atoms with E-state index in [4.69, 9.17) is 0 Å². The predicted octanol–water partition coefficient (Wildman–Crippen LogP) is 4.74. The van der Waals surface area contributed by atoms with Gasteiger partial charge in [0, 0.05) is 22.9 Å². The zero-order valence-corrected chi connectivity index (χ0v) is 14.5. The molecule has 0 fully saturated rings. The smallest absolute Gasteiger partial charge is 0.224 e. The van der Waals surface area contributed by atoms with Gasteiger partial charge in [0.25, 0.3) is 0 Å². The van der Waals surface area contributed by atoms with Gasteiger partial charge in [0.2, 0.25) is 5.95 Å².